The van der Waals surface area contributed by atoms with Gasteiger partial charge in [-0.2, -0.15) is 0 Å². The first-order valence-electron chi connectivity index (χ1n) is 5.31. The van der Waals surface area contributed by atoms with Crippen LogP contribution in [0.1, 0.15) is 16.2 Å². The van der Waals surface area contributed by atoms with Gasteiger partial charge in [0.2, 0.25) is 12.0 Å². The van der Waals surface area contributed by atoms with E-state index >= 15 is 0 Å². The lowest BCUT2D eigenvalue weighted by Gasteiger charge is -2.06. The Morgan fingerprint density at radius 2 is 2.22 bits per heavy atom. The maximum Gasteiger partial charge on any atom is 0.300 e. The summed E-state index contributed by atoms with van der Waals surface area (Å²) < 4.78 is 2.15. The molecule has 0 spiro atoms. The van der Waals surface area contributed by atoms with Crippen LogP contribution in [0.2, 0.25) is 5.02 Å². The fourth-order valence-electron chi connectivity index (χ4n) is 1.65. The van der Waals surface area contributed by atoms with Gasteiger partial charge in [0.15, 0.2) is 5.69 Å². The summed E-state index contributed by atoms with van der Waals surface area (Å²) in [7, 11) is 1.71. The molecule has 5 nitrogen and oxygen atoms in total. The van der Waals surface area contributed by atoms with Crippen molar-refractivity contribution < 1.29 is 9.52 Å². The summed E-state index contributed by atoms with van der Waals surface area (Å²) in [5.74, 6) is -0.453. The number of nitrogens with zero attached hydrogens (tertiary/aromatic N) is 2. The highest BCUT2D eigenvalue weighted by Gasteiger charge is 2.21. The zero-order valence-electron chi connectivity index (χ0n) is 9.98. The van der Waals surface area contributed by atoms with Crippen LogP contribution in [0, 0.1) is 12.1 Å². The van der Waals surface area contributed by atoms with E-state index in [-0.39, 0.29) is 5.69 Å². The molecule has 94 valence electrons. The van der Waals surface area contributed by atoms with Gasteiger partial charge >= 0.3 is 0 Å². The molecule has 0 aliphatic heterocycles. The topological polar surface area (TPSA) is 61.0 Å². The first-order chi connectivity index (χ1) is 8.49. The Morgan fingerprint density at radius 1 is 1.50 bits per heavy atom. The molecule has 0 saturated carbocycles. The van der Waals surface area contributed by atoms with Crippen molar-refractivity contribution in [2.45, 2.75) is 6.92 Å². The molecule has 1 N–H and O–H groups in total. The van der Waals surface area contributed by atoms with Crippen LogP contribution in [0.3, 0.4) is 0 Å². The van der Waals surface area contributed by atoms with E-state index in [1.807, 2.05) is 0 Å². The third kappa shape index (κ3) is 2.31. The molecule has 0 aliphatic carbocycles. The van der Waals surface area contributed by atoms with Crippen LogP contribution >= 0.6 is 11.6 Å². The molecule has 18 heavy (non-hydrogen) atoms. The minimum absolute atomic E-state index is 0.0810. The Morgan fingerprint density at radius 3 is 2.78 bits per heavy atom. The number of anilines is 1. The number of benzene rings is 1. The fourth-order valence-corrected chi connectivity index (χ4v) is 1.84. The molecule has 0 atom stereocenters. The third-order valence-corrected chi connectivity index (χ3v) is 2.90. The van der Waals surface area contributed by atoms with Gasteiger partial charge in [-0.05, 0) is 18.2 Å². The monoisotopic (exact) mass is 265 g/mol. The number of rotatable bonds is 2. The number of hydrogen-bond acceptors (Lipinski definition) is 2. The Hall–Kier alpha value is -2.01. The quantitative estimate of drug-likeness (QED) is 0.666. The summed E-state index contributed by atoms with van der Waals surface area (Å²) in [5.41, 5.74) is 1.23. The van der Waals surface area contributed by atoms with E-state index in [2.05, 4.69) is 5.32 Å². The van der Waals surface area contributed by atoms with Crippen LogP contribution < -0.4 is 10.0 Å². The molecule has 1 heterocycles. The first kappa shape index (κ1) is 12.4. The van der Waals surface area contributed by atoms with E-state index in [0.717, 1.165) is 0 Å². The Kier molecular flexibility index (Phi) is 3.25. The van der Waals surface area contributed by atoms with Crippen molar-refractivity contribution in [3.05, 3.63) is 52.2 Å². The van der Waals surface area contributed by atoms with Gasteiger partial charge in [0.1, 0.15) is 0 Å². The summed E-state index contributed by atoms with van der Waals surface area (Å²) in [5, 5.41) is 14.7. The lowest BCUT2D eigenvalue weighted by atomic mass is 10.3. The first-order valence-corrected chi connectivity index (χ1v) is 5.69. The molecular weight excluding hydrogens is 254 g/mol. The minimum atomic E-state index is -0.453. The zero-order chi connectivity index (χ0) is 13.3. The van der Waals surface area contributed by atoms with E-state index in [1.165, 1.54) is 6.33 Å². The van der Waals surface area contributed by atoms with Crippen LogP contribution in [0.15, 0.2) is 30.6 Å². The molecule has 0 unspecified atom stereocenters. The lowest BCUT2D eigenvalue weighted by molar-refractivity contribution is -0.607. The molecule has 0 bridgehead atoms. The predicted octanol–water partition coefficient (Wildman–Crippen LogP) is 1.87. The number of carbonyl (C=O) groups is 1. The average Bonchev–Trinajstić information content (AvgIpc) is 2.53. The lowest BCUT2D eigenvalue weighted by Crippen LogP contribution is -2.34. The minimum Gasteiger partial charge on any atom is -0.710 e. The van der Waals surface area contributed by atoms with Gasteiger partial charge < -0.3 is 10.5 Å². The number of aryl methyl sites for hydroxylation is 1. The molecule has 6 heteroatoms. The van der Waals surface area contributed by atoms with Gasteiger partial charge in [-0.15, -0.1) is 0 Å². The van der Waals surface area contributed by atoms with Crippen LogP contribution in [0.4, 0.5) is 5.69 Å². The number of hydrogen-bond donors (Lipinski definition) is 1. The second-order valence-corrected chi connectivity index (χ2v) is 4.39. The van der Waals surface area contributed by atoms with Gasteiger partial charge in [0.25, 0.3) is 5.91 Å². The standard InChI is InChI=1S/C12H12ClN3O2/c1-8-11(16(18)7-15(8)2)12(17)14-10-5-3-4-9(13)6-10/h3-7H,1-2H3,(H,14,17). The Balaban J connectivity index is 2.27. The van der Waals surface area contributed by atoms with Gasteiger partial charge in [-0.25, -0.2) is 9.30 Å². The van der Waals surface area contributed by atoms with Gasteiger partial charge in [0.05, 0.1) is 7.05 Å². The Labute approximate surface area is 109 Å². The summed E-state index contributed by atoms with van der Waals surface area (Å²) in [4.78, 5) is 12.0. The molecule has 1 aromatic heterocycles. The Bertz CT molecular complexity index is 607. The molecule has 1 amide bonds. The van der Waals surface area contributed by atoms with Crippen molar-refractivity contribution in [2.24, 2.45) is 7.05 Å². The molecule has 1 aromatic carbocycles. The van der Waals surface area contributed by atoms with Crippen LogP contribution in [0.5, 0.6) is 0 Å². The molecule has 0 fully saturated rings. The smallest absolute Gasteiger partial charge is 0.300 e. The highest BCUT2D eigenvalue weighted by molar-refractivity contribution is 6.30. The highest BCUT2D eigenvalue weighted by Crippen LogP contribution is 2.16. The van der Waals surface area contributed by atoms with Crippen molar-refractivity contribution in [2.75, 3.05) is 5.32 Å². The predicted molar refractivity (Wildman–Crippen MR) is 68.5 cm³/mol. The van der Waals surface area contributed by atoms with E-state index in [1.54, 1.807) is 42.8 Å². The number of aromatic nitrogens is 2. The molecule has 0 radical (unpaired) electrons. The van der Waals surface area contributed by atoms with Crippen molar-refractivity contribution in [3.63, 3.8) is 0 Å². The van der Waals surface area contributed by atoms with E-state index < -0.39 is 5.91 Å². The van der Waals surface area contributed by atoms with E-state index in [4.69, 9.17) is 11.6 Å². The molecule has 0 aliphatic rings. The molecule has 2 rings (SSSR count). The van der Waals surface area contributed by atoms with Crippen molar-refractivity contribution in [1.29, 1.82) is 0 Å². The largest absolute Gasteiger partial charge is 0.710 e. The van der Waals surface area contributed by atoms with E-state index in [0.29, 0.717) is 21.1 Å². The second kappa shape index (κ2) is 4.70. The maximum atomic E-state index is 12.0. The van der Waals surface area contributed by atoms with Gasteiger partial charge in [-0.1, -0.05) is 17.7 Å². The summed E-state index contributed by atoms with van der Waals surface area (Å²) in [6.07, 6.45) is 1.31. The number of amides is 1. The summed E-state index contributed by atoms with van der Waals surface area (Å²) in [6, 6.07) is 6.75. The van der Waals surface area contributed by atoms with Crippen molar-refractivity contribution in [3.8, 4) is 0 Å². The molecule has 2 aromatic rings. The van der Waals surface area contributed by atoms with Crippen LogP contribution in [0.25, 0.3) is 0 Å². The average molecular weight is 266 g/mol. The van der Waals surface area contributed by atoms with Crippen molar-refractivity contribution in [1.82, 2.24) is 4.57 Å². The zero-order valence-corrected chi connectivity index (χ0v) is 10.7. The van der Waals surface area contributed by atoms with Crippen LogP contribution in [-0.2, 0) is 7.05 Å². The normalized spacial score (nSPS) is 10.4. The van der Waals surface area contributed by atoms with Crippen LogP contribution in [-0.4, -0.2) is 10.5 Å². The van der Waals surface area contributed by atoms with Crippen molar-refractivity contribution >= 4 is 23.2 Å². The fraction of sp³-hybridized carbons (Fsp3) is 0.167. The van der Waals surface area contributed by atoms with E-state index in [9.17, 15) is 10.0 Å². The molecular formula is C12H12ClN3O2. The number of carbonyl (C=O) groups excluding carboxylic acids is 1. The SMILES string of the molecule is Cc1c(C(=O)Nc2cccc(Cl)c2)[n+]([O-])cn1C. The second-order valence-electron chi connectivity index (χ2n) is 3.95. The number of halogens is 1. The highest BCUT2D eigenvalue weighted by atomic mass is 35.5. The summed E-state index contributed by atoms with van der Waals surface area (Å²) in [6.45, 7) is 1.71. The van der Waals surface area contributed by atoms with Gasteiger partial charge in [0, 0.05) is 17.6 Å². The van der Waals surface area contributed by atoms with Gasteiger partial charge in [-0.3, -0.25) is 4.79 Å². The summed E-state index contributed by atoms with van der Waals surface area (Å²) >= 11 is 5.82. The number of nitrogens with one attached hydrogen (secondary N) is 1. The number of imidazole rings is 1. The maximum absolute atomic E-state index is 12.0. The molecule has 0 saturated heterocycles. The third-order valence-electron chi connectivity index (χ3n) is 2.67.